The van der Waals surface area contributed by atoms with Crippen molar-refractivity contribution in [1.82, 2.24) is 4.90 Å². The highest BCUT2D eigenvalue weighted by molar-refractivity contribution is 7.10. The fourth-order valence-electron chi connectivity index (χ4n) is 2.48. The molecule has 2 unspecified atom stereocenters. The normalized spacial score (nSPS) is 24.1. The van der Waals surface area contributed by atoms with E-state index in [1.165, 1.54) is 0 Å². The molecule has 1 fully saturated rings. The molecule has 0 saturated carbocycles. The maximum Gasteiger partial charge on any atom is 0.393 e. The monoisotopic (exact) mass is 278 g/mol. The van der Waals surface area contributed by atoms with E-state index in [2.05, 4.69) is 0 Å². The number of hydrogen-bond donors (Lipinski definition) is 1. The molecule has 2 heterocycles. The molecule has 0 aromatic carbocycles. The van der Waals surface area contributed by atoms with E-state index in [1.807, 2.05) is 22.4 Å². The van der Waals surface area contributed by atoms with Gasteiger partial charge in [0.15, 0.2) is 0 Å². The molecule has 2 rings (SSSR count). The van der Waals surface area contributed by atoms with Crippen LogP contribution in [0.25, 0.3) is 0 Å². The summed E-state index contributed by atoms with van der Waals surface area (Å²) in [5.74, 6) is -1.21. The van der Waals surface area contributed by atoms with Gasteiger partial charge < -0.3 is 5.73 Å². The van der Waals surface area contributed by atoms with Gasteiger partial charge in [-0.15, -0.1) is 11.3 Å². The van der Waals surface area contributed by atoms with E-state index in [1.54, 1.807) is 11.3 Å². The van der Waals surface area contributed by atoms with Crippen LogP contribution >= 0.6 is 11.3 Å². The van der Waals surface area contributed by atoms with Crippen LogP contribution in [-0.4, -0.2) is 30.7 Å². The number of nitrogens with two attached hydrogens (primary N) is 1. The molecule has 1 aliphatic heterocycles. The van der Waals surface area contributed by atoms with Crippen LogP contribution in [0.5, 0.6) is 0 Å². The van der Waals surface area contributed by atoms with Gasteiger partial charge in [-0.2, -0.15) is 13.2 Å². The molecule has 0 amide bonds. The van der Waals surface area contributed by atoms with Gasteiger partial charge in [-0.25, -0.2) is 0 Å². The summed E-state index contributed by atoms with van der Waals surface area (Å²) in [6.07, 6.45) is -3.26. The smallest absolute Gasteiger partial charge is 0.329 e. The van der Waals surface area contributed by atoms with E-state index in [0.29, 0.717) is 19.5 Å². The Balaban J connectivity index is 2.08. The fourth-order valence-corrected chi connectivity index (χ4v) is 3.36. The lowest BCUT2D eigenvalue weighted by Crippen LogP contribution is -2.45. The Bertz CT molecular complexity index is 364. The minimum atomic E-state index is -4.09. The maximum atomic E-state index is 12.8. The number of alkyl halides is 3. The minimum Gasteiger partial charge on any atom is -0.329 e. The minimum absolute atomic E-state index is 0.0727. The number of halogens is 3. The van der Waals surface area contributed by atoms with Crippen molar-refractivity contribution in [3.8, 4) is 0 Å². The van der Waals surface area contributed by atoms with Crippen molar-refractivity contribution >= 4 is 11.3 Å². The van der Waals surface area contributed by atoms with E-state index >= 15 is 0 Å². The Hall–Kier alpha value is -0.590. The van der Waals surface area contributed by atoms with Crippen molar-refractivity contribution in [2.45, 2.75) is 25.1 Å². The van der Waals surface area contributed by atoms with Crippen LogP contribution in [0.15, 0.2) is 17.5 Å². The van der Waals surface area contributed by atoms with E-state index in [0.717, 1.165) is 4.88 Å². The maximum absolute atomic E-state index is 12.8. The number of likely N-dealkylation sites (tertiary alicyclic amines) is 1. The predicted octanol–water partition coefficient (Wildman–Crippen LogP) is 3.02. The first-order valence-electron chi connectivity index (χ1n) is 6.06. The van der Waals surface area contributed by atoms with Gasteiger partial charge in [-0.1, -0.05) is 6.07 Å². The highest BCUT2D eigenvalue weighted by Gasteiger charge is 2.42. The molecule has 1 aliphatic rings. The Labute approximate surface area is 109 Å². The molecule has 18 heavy (non-hydrogen) atoms. The molecule has 2 atom stereocenters. The van der Waals surface area contributed by atoms with Crippen LogP contribution < -0.4 is 5.73 Å². The van der Waals surface area contributed by atoms with Crippen LogP contribution in [0.3, 0.4) is 0 Å². The van der Waals surface area contributed by atoms with Crippen molar-refractivity contribution in [2.24, 2.45) is 11.7 Å². The highest BCUT2D eigenvalue weighted by Crippen LogP contribution is 2.36. The average molecular weight is 278 g/mol. The molecule has 1 aromatic heterocycles. The first kappa shape index (κ1) is 13.8. The SMILES string of the molecule is NCC(c1cccs1)N1CCCC(C(F)(F)F)C1. The summed E-state index contributed by atoms with van der Waals surface area (Å²) < 4.78 is 38.3. The molecule has 2 N–H and O–H groups in total. The van der Waals surface area contributed by atoms with Gasteiger partial charge in [0.2, 0.25) is 0 Å². The lowest BCUT2D eigenvalue weighted by molar-refractivity contribution is -0.188. The second kappa shape index (κ2) is 5.59. The van der Waals surface area contributed by atoms with Crippen LogP contribution in [-0.2, 0) is 0 Å². The van der Waals surface area contributed by atoms with Crippen molar-refractivity contribution in [1.29, 1.82) is 0 Å². The largest absolute Gasteiger partial charge is 0.393 e. The topological polar surface area (TPSA) is 29.3 Å². The molecule has 0 spiro atoms. The summed E-state index contributed by atoms with van der Waals surface area (Å²) in [5.41, 5.74) is 5.73. The molecule has 2 nitrogen and oxygen atoms in total. The standard InChI is InChI=1S/C12H17F3N2S/c13-12(14,15)9-3-1-5-17(8-9)10(7-16)11-4-2-6-18-11/h2,4,6,9-10H,1,3,5,7-8,16H2. The molecule has 1 saturated heterocycles. The third-order valence-electron chi connectivity index (χ3n) is 3.45. The summed E-state index contributed by atoms with van der Waals surface area (Å²) in [4.78, 5) is 2.94. The Morgan fingerprint density at radius 3 is 2.83 bits per heavy atom. The zero-order chi connectivity index (χ0) is 13.2. The third-order valence-corrected chi connectivity index (χ3v) is 4.42. The summed E-state index contributed by atoms with van der Waals surface area (Å²) in [6.45, 7) is 1.14. The summed E-state index contributed by atoms with van der Waals surface area (Å²) in [5, 5.41) is 1.93. The molecular weight excluding hydrogens is 261 g/mol. The quantitative estimate of drug-likeness (QED) is 0.921. The third kappa shape index (κ3) is 3.05. The second-order valence-corrected chi connectivity index (χ2v) is 5.62. The molecular formula is C12H17F3N2S. The van der Waals surface area contributed by atoms with Gasteiger partial charge in [-0.05, 0) is 30.8 Å². The van der Waals surface area contributed by atoms with E-state index in [4.69, 9.17) is 5.73 Å². The number of nitrogens with zero attached hydrogens (tertiary/aromatic N) is 1. The zero-order valence-electron chi connectivity index (χ0n) is 9.99. The van der Waals surface area contributed by atoms with Gasteiger partial charge in [0.25, 0.3) is 0 Å². The molecule has 0 bridgehead atoms. The number of thiophene rings is 1. The van der Waals surface area contributed by atoms with Gasteiger partial charge in [-0.3, -0.25) is 4.90 Å². The number of piperidine rings is 1. The first-order chi connectivity index (χ1) is 8.52. The van der Waals surface area contributed by atoms with Crippen molar-refractivity contribution in [3.63, 3.8) is 0 Å². The highest BCUT2D eigenvalue weighted by atomic mass is 32.1. The Morgan fingerprint density at radius 1 is 1.50 bits per heavy atom. The van der Waals surface area contributed by atoms with Crippen LogP contribution in [0.1, 0.15) is 23.8 Å². The lowest BCUT2D eigenvalue weighted by Gasteiger charge is -2.38. The summed E-state index contributed by atoms with van der Waals surface area (Å²) >= 11 is 1.56. The number of rotatable bonds is 3. The Kier molecular flexibility index (Phi) is 4.29. The van der Waals surface area contributed by atoms with Crippen LogP contribution in [0, 0.1) is 5.92 Å². The summed E-state index contributed by atoms with van der Waals surface area (Å²) in [6, 6.07) is 3.78. The van der Waals surface area contributed by atoms with Crippen LogP contribution in [0.4, 0.5) is 13.2 Å². The van der Waals surface area contributed by atoms with Gasteiger partial charge in [0.05, 0.1) is 12.0 Å². The fraction of sp³-hybridized carbons (Fsp3) is 0.667. The molecule has 1 aromatic rings. The molecule has 102 valence electrons. The van der Waals surface area contributed by atoms with Crippen LogP contribution in [0.2, 0.25) is 0 Å². The van der Waals surface area contributed by atoms with Gasteiger partial charge >= 0.3 is 6.18 Å². The zero-order valence-corrected chi connectivity index (χ0v) is 10.8. The number of hydrogen-bond acceptors (Lipinski definition) is 3. The summed E-state index contributed by atoms with van der Waals surface area (Å²) in [7, 11) is 0. The Morgan fingerprint density at radius 2 is 2.28 bits per heavy atom. The average Bonchev–Trinajstić information content (AvgIpc) is 2.83. The van der Waals surface area contributed by atoms with E-state index < -0.39 is 12.1 Å². The second-order valence-electron chi connectivity index (χ2n) is 4.64. The van der Waals surface area contributed by atoms with Gasteiger partial charge in [0.1, 0.15) is 0 Å². The van der Waals surface area contributed by atoms with Crippen molar-refractivity contribution < 1.29 is 13.2 Å². The van der Waals surface area contributed by atoms with E-state index in [9.17, 15) is 13.2 Å². The molecule has 0 radical (unpaired) electrons. The van der Waals surface area contributed by atoms with E-state index in [-0.39, 0.29) is 19.0 Å². The molecule has 6 heteroatoms. The molecule has 0 aliphatic carbocycles. The van der Waals surface area contributed by atoms with Crippen molar-refractivity contribution in [3.05, 3.63) is 22.4 Å². The predicted molar refractivity (Wildman–Crippen MR) is 66.5 cm³/mol. The first-order valence-corrected chi connectivity index (χ1v) is 6.94. The van der Waals surface area contributed by atoms with Gasteiger partial charge in [0, 0.05) is 18.0 Å². The lowest BCUT2D eigenvalue weighted by atomic mass is 9.96. The van der Waals surface area contributed by atoms with Crippen molar-refractivity contribution in [2.75, 3.05) is 19.6 Å².